The van der Waals surface area contributed by atoms with E-state index in [9.17, 15) is 18.0 Å². The highest BCUT2D eigenvalue weighted by Crippen LogP contribution is 2.47. The molecule has 2 aromatic carbocycles. The van der Waals surface area contributed by atoms with Gasteiger partial charge in [-0.25, -0.2) is 0 Å². The van der Waals surface area contributed by atoms with Crippen LogP contribution in [0.3, 0.4) is 0 Å². The maximum absolute atomic E-state index is 14.8. The smallest absolute Gasteiger partial charge is 0.419 e. The van der Waals surface area contributed by atoms with E-state index in [-0.39, 0.29) is 18.5 Å². The summed E-state index contributed by atoms with van der Waals surface area (Å²) >= 11 is 1.38. The molecule has 4 rings (SSSR count). The van der Waals surface area contributed by atoms with Crippen LogP contribution < -0.4 is 0 Å². The lowest BCUT2D eigenvalue weighted by Gasteiger charge is -2.32. The second-order valence-electron chi connectivity index (χ2n) is 6.66. The number of aliphatic imine (C=N–C) groups is 1. The first-order valence-corrected chi connectivity index (χ1v) is 10.3. The molecular formula is C21H17F3N2O3S. The number of aromatic nitrogens is 1. The van der Waals surface area contributed by atoms with E-state index in [1.807, 2.05) is 12.3 Å². The fraction of sp³-hybridized carbons (Fsp3) is 0.286. The van der Waals surface area contributed by atoms with Gasteiger partial charge in [0.15, 0.2) is 0 Å². The lowest BCUT2D eigenvalue weighted by molar-refractivity contribution is -0.195. The Hall–Kier alpha value is -2.81. The molecule has 0 saturated heterocycles. The highest BCUT2D eigenvalue weighted by atomic mass is 32.2. The van der Waals surface area contributed by atoms with Crippen LogP contribution in [-0.4, -0.2) is 49.5 Å². The molecule has 9 heteroatoms. The van der Waals surface area contributed by atoms with Crippen molar-refractivity contribution >= 4 is 45.3 Å². The first-order chi connectivity index (χ1) is 14.3. The number of methoxy groups -OCH3 is 1. The Morgan fingerprint density at radius 1 is 1.13 bits per heavy atom. The minimum atomic E-state index is -5.10. The number of hydrogen-bond acceptors (Lipinski definition) is 6. The van der Waals surface area contributed by atoms with Gasteiger partial charge >= 0.3 is 12.1 Å². The van der Waals surface area contributed by atoms with E-state index in [1.54, 1.807) is 36.4 Å². The van der Waals surface area contributed by atoms with Crippen LogP contribution in [0.5, 0.6) is 0 Å². The van der Waals surface area contributed by atoms with E-state index in [1.165, 1.54) is 11.8 Å². The molecule has 0 spiro atoms. The van der Waals surface area contributed by atoms with Gasteiger partial charge in [0.05, 0.1) is 24.9 Å². The summed E-state index contributed by atoms with van der Waals surface area (Å²) in [5.74, 6) is -2.27. The summed E-state index contributed by atoms with van der Waals surface area (Å²) in [5, 5.41) is 1.42. The molecule has 0 amide bonds. The van der Waals surface area contributed by atoms with Crippen LogP contribution in [0.2, 0.25) is 0 Å². The van der Waals surface area contributed by atoms with Gasteiger partial charge in [-0.2, -0.15) is 13.2 Å². The average molecular weight is 434 g/mol. The fourth-order valence-electron chi connectivity index (χ4n) is 3.72. The number of nitrogens with zero attached hydrogens (tertiary/aromatic N) is 2. The first-order valence-electron chi connectivity index (χ1n) is 9.04. The SMILES string of the molecule is COC(=O)C(C1=NCCO1)(c1nc2ccccc2c2ccc(SC)cc12)C(F)(F)F. The molecule has 30 heavy (non-hydrogen) atoms. The molecule has 0 aliphatic carbocycles. The molecule has 1 aliphatic heterocycles. The van der Waals surface area contributed by atoms with Crippen molar-refractivity contribution in [1.29, 1.82) is 0 Å². The van der Waals surface area contributed by atoms with Crippen molar-refractivity contribution in [2.24, 2.45) is 4.99 Å². The molecule has 0 N–H and O–H groups in total. The van der Waals surface area contributed by atoms with Crippen LogP contribution in [0.15, 0.2) is 52.4 Å². The molecule has 3 aromatic rings. The summed E-state index contributed by atoms with van der Waals surface area (Å²) in [4.78, 5) is 21.8. The number of esters is 1. The van der Waals surface area contributed by atoms with Gasteiger partial charge in [0.25, 0.3) is 5.41 Å². The van der Waals surface area contributed by atoms with Gasteiger partial charge in [0, 0.05) is 15.7 Å². The van der Waals surface area contributed by atoms with Gasteiger partial charge in [-0.1, -0.05) is 24.3 Å². The predicted molar refractivity (Wildman–Crippen MR) is 109 cm³/mol. The van der Waals surface area contributed by atoms with Gasteiger partial charge in [0.2, 0.25) is 5.90 Å². The van der Waals surface area contributed by atoms with Crippen molar-refractivity contribution in [3.8, 4) is 0 Å². The number of hydrogen-bond donors (Lipinski definition) is 0. The number of alkyl halides is 3. The van der Waals surface area contributed by atoms with Crippen LogP contribution >= 0.6 is 11.8 Å². The summed E-state index contributed by atoms with van der Waals surface area (Å²) in [6.07, 6.45) is -3.28. The molecule has 156 valence electrons. The number of rotatable bonds is 4. The van der Waals surface area contributed by atoms with Crippen LogP contribution in [-0.2, 0) is 19.7 Å². The van der Waals surface area contributed by atoms with Crippen molar-refractivity contribution in [1.82, 2.24) is 4.98 Å². The van der Waals surface area contributed by atoms with Gasteiger partial charge < -0.3 is 9.47 Å². The number of carbonyl (C=O) groups is 1. The normalized spacial score (nSPS) is 16.2. The largest absolute Gasteiger partial charge is 0.478 e. The Balaban J connectivity index is 2.22. The van der Waals surface area contributed by atoms with E-state index >= 15 is 0 Å². The summed E-state index contributed by atoms with van der Waals surface area (Å²) in [7, 11) is 0.912. The van der Waals surface area contributed by atoms with Gasteiger partial charge in [-0.05, 0) is 29.8 Å². The molecule has 5 nitrogen and oxygen atoms in total. The Kier molecular flexibility index (Phi) is 5.09. The Morgan fingerprint density at radius 2 is 1.90 bits per heavy atom. The molecule has 1 atom stereocenters. The minimum absolute atomic E-state index is 0.0196. The highest BCUT2D eigenvalue weighted by Gasteiger charge is 2.70. The molecule has 0 saturated carbocycles. The molecule has 0 fully saturated rings. The second kappa shape index (κ2) is 7.46. The molecule has 2 heterocycles. The second-order valence-corrected chi connectivity index (χ2v) is 7.54. The quantitative estimate of drug-likeness (QED) is 0.344. The summed E-state index contributed by atoms with van der Waals surface area (Å²) in [5.41, 5.74) is -3.43. The zero-order valence-electron chi connectivity index (χ0n) is 16.1. The first kappa shape index (κ1) is 20.5. The third kappa shape index (κ3) is 2.91. The van der Waals surface area contributed by atoms with Crippen LogP contribution in [0.1, 0.15) is 5.69 Å². The molecule has 1 aromatic heterocycles. The molecular weight excluding hydrogens is 417 g/mol. The highest BCUT2D eigenvalue weighted by molar-refractivity contribution is 7.98. The van der Waals surface area contributed by atoms with Crippen molar-refractivity contribution in [2.75, 3.05) is 26.5 Å². The lowest BCUT2D eigenvalue weighted by atomic mass is 9.79. The fourth-order valence-corrected chi connectivity index (χ4v) is 4.16. The monoisotopic (exact) mass is 434 g/mol. The standard InChI is InChI=1S/C21H17F3N2O3S/c1-28-19(27)20(21(22,23)24,18-25-9-10-29-18)17-15-11-12(30-2)7-8-13(15)14-5-3-4-6-16(14)26-17/h3-8,11H,9-10H2,1-2H3. The minimum Gasteiger partial charge on any atom is -0.478 e. The van der Waals surface area contributed by atoms with Crippen LogP contribution in [0.25, 0.3) is 21.7 Å². The Labute approximate surface area is 174 Å². The number of fused-ring (bicyclic) bond motifs is 3. The lowest BCUT2D eigenvalue weighted by Crippen LogP contribution is -2.56. The zero-order valence-corrected chi connectivity index (χ0v) is 16.9. The summed E-state index contributed by atoms with van der Waals surface area (Å²) in [6, 6.07) is 12.0. The van der Waals surface area contributed by atoms with E-state index < -0.39 is 29.2 Å². The molecule has 1 unspecified atom stereocenters. The Morgan fingerprint density at radius 3 is 2.53 bits per heavy atom. The predicted octanol–water partition coefficient (Wildman–Crippen LogP) is 4.51. The number of pyridine rings is 1. The van der Waals surface area contributed by atoms with Crippen LogP contribution in [0, 0.1) is 0 Å². The maximum atomic E-state index is 14.8. The van der Waals surface area contributed by atoms with Gasteiger partial charge in [-0.15, -0.1) is 11.8 Å². The van der Waals surface area contributed by atoms with Crippen molar-refractivity contribution in [2.45, 2.75) is 16.5 Å². The molecule has 0 radical (unpaired) electrons. The maximum Gasteiger partial charge on any atom is 0.419 e. The third-order valence-corrected chi connectivity index (χ3v) is 5.81. The molecule has 1 aliphatic rings. The number of para-hydroxylation sites is 1. The van der Waals surface area contributed by atoms with E-state index in [4.69, 9.17) is 4.74 Å². The molecule has 0 bridgehead atoms. The zero-order chi connectivity index (χ0) is 21.5. The summed E-state index contributed by atoms with van der Waals surface area (Å²) in [6.45, 7) is -0.0303. The number of thioether (sulfide) groups is 1. The van der Waals surface area contributed by atoms with Crippen molar-refractivity contribution < 1.29 is 27.4 Å². The van der Waals surface area contributed by atoms with E-state index in [0.717, 1.165) is 12.0 Å². The number of benzene rings is 2. The van der Waals surface area contributed by atoms with Gasteiger partial charge in [0.1, 0.15) is 6.61 Å². The van der Waals surface area contributed by atoms with Crippen molar-refractivity contribution in [3.05, 3.63) is 48.2 Å². The number of carbonyl (C=O) groups excluding carboxylic acids is 1. The Bertz CT molecular complexity index is 1180. The third-order valence-electron chi connectivity index (χ3n) is 5.09. The van der Waals surface area contributed by atoms with Gasteiger partial charge in [-0.3, -0.25) is 14.8 Å². The summed E-state index contributed by atoms with van der Waals surface area (Å²) < 4.78 is 54.1. The van der Waals surface area contributed by atoms with E-state index in [2.05, 4.69) is 14.7 Å². The van der Waals surface area contributed by atoms with Crippen LogP contribution in [0.4, 0.5) is 13.2 Å². The van der Waals surface area contributed by atoms with Crippen molar-refractivity contribution in [3.63, 3.8) is 0 Å². The van der Waals surface area contributed by atoms with E-state index in [0.29, 0.717) is 16.3 Å². The number of ether oxygens (including phenoxy) is 2. The number of halogens is 3. The topological polar surface area (TPSA) is 60.8 Å². The average Bonchev–Trinajstić information content (AvgIpc) is 3.27.